The molecule has 3 aromatic rings. The molecule has 0 aliphatic heterocycles. The van der Waals surface area contributed by atoms with Gasteiger partial charge in [0.2, 0.25) is 0 Å². The van der Waals surface area contributed by atoms with Crippen molar-refractivity contribution in [1.82, 2.24) is 0 Å². The maximum absolute atomic E-state index is 12.9. The Hall–Kier alpha value is -4.79. The van der Waals surface area contributed by atoms with Crippen molar-refractivity contribution >= 4 is 40.8 Å². The molecule has 0 radical (unpaired) electrons. The minimum atomic E-state index is -0.948. The molecular formula is C25H18N2O7. The van der Waals surface area contributed by atoms with Gasteiger partial charge in [-0.15, -0.1) is 0 Å². The molecule has 0 spiro atoms. The number of methoxy groups -OCH3 is 1. The molecule has 3 N–H and O–H groups in total. The van der Waals surface area contributed by atoms with Crippen LogP contribution in [-0.4, -0.2) is 43.1 Å². The van der Waals surface area contributed by atoms with Crippen LogP contribution < -0.4 is 11.1 Å². The number of fused-ring (bicyclic) bond motifs is 2. The van der Waals surface area contributed by atoms with E-state index >= 15 is 0 Å². The summed E-state index contributed by atoms with van der Waals surface area (Å²) in [6, 6.07) is 15.1. The van der Waals surface area contributed by atoms with Crippen LogP contribution >= 0.6 is 0 Å². The fourth-order valence-electron chi connectivity index (χ4n) is 3.67. The van der Waals surface area contributed by atoms with Gasteiger partial charge in [-0.3, -0.25) is 14.4 Å². The molecule has 170 valence electrons. The van der Waals surface area contributed by atoms with Gasteiger partial charge >= 0.3 is 11.9 Å². The number of esters is 2. The van der Waals surface area contributed by atoms with Gasteiger partial charge in [0.15, 0.2) is 18.2 Å². The molecular weight excluding hydrogens is 440 g/mol. The minimum absolute atomic E-state index is 0.0744. The van der Waals surface area contributed by atoms with Crippen LogP contribution in [0.3, 0.4) is 0 Å². The van der Waals surface area contributed by atoms with Gasteiger partial charge in [0.1, 0.15) is 0 Å². The zero-order chi connectivity index (χ0) is 24.4. The molecule has 34 heavy (non-hydrogen) atoms. The van der Waals surface area contributed by atoms with Crippen molar-refractivity contribution in [3.8, 4) is 0 Å². The molecule has 0 atom stereocenters. The topological polar surface area (TPSA) is 142 Å². The number of ether oxygens (including phenoxy) is 2. The Morgan fingerprint density at radius 1 is 0.794 bits per heavy atom. The quantitative estimate of drug-likeness (QED) is 0.343. The Balaban J connectivity index is 1.51. The molecule has 3 aromatic carbocycles. The highest BCUT2D eigenvalue weighted by Gasteiger charge is 2.33. The van der Waals surface area contributed by atoms with Crippen molar-refractivity contribution in [2.75, 3.05) is 24.8 Å². The number of carbonyl (C=O) groups is 5. The molecule has 9 nitrogen and oxygen atoms in total. The highest BCUT2D eigenvalue weighted by atomic mass is 16.5. The lowest BCUT2D eigenvalue weighted by atomic mass is 9.82. The van der Waals surface area contributed by atoms with E-state index in [1.807, 2.05) is 0 Å². The Bertz CT molecular complexity index is 1380. The Morgan fingerprint density at radius 2 is 1.44 bits per heavy atom. The third-order valence-electron chi connectivity index (χ3n) is 5.29. The average molecular weight is 458 g/mol. The highest BCUT2D eigenvalue weighted by molar-refractivity contribution is 6.30. The first-order valence-corrected chi connectivity index (χ1v) is 10.1. The van der Waals surface area contributed by atoms with Gasteiger partial charge in [0, 0.05) is 16.7 Å². The summed E-state index contributed by atoms with van der Waals surface area (Å²) in [5, 5.41) is 2.47. The predicted octanol–water partition coefficient (Wildman–Crippen LogP) is 2.63. The van der Waals surface area contributed by atoms with Crippen molar-refractivity contribution in [1.29, 1.82) is 0 Å². The minimum Gasteiger partial charge on any atom is -0.465 e. The zero-order valence-electron chi connectivity index (χ0n) is 17.9. The maximum Gasteiger partial charge on any atom is 0.340 e. The first kappa shape index (κ1) is 22.4. The predicted molar refractivity (Wildman–Crippen MR) is 121 cm³/mol. The lowest BCUT2D eigenvalue weighted by Crippen LogP contribution is -2.25. The van der Waals surface area contributed by atoms with E-state index in [9.17, 15) is 24.0 Å². The van der Waals surface area contributed by atoms with Gasteiger partial charge in [-0.2, -0.15) is 0 Å². The van der Waals surface area contributed by atoms with Crippen LogP contribution in [0.1, 0.15) is 52.6 Å². The normalized spacial score (nSPS) is 11.8. The van der Waals surface area contributed by atoms with Crippen LogP contribution in [0.15, 0.2) is 60.7 Å². The van der Waals surface area contributed by atoms with Gasteiger partial charge in [0.25, 0.3) is 5.91 Å². The first-order valence-electron chi connectivity index (χ1n) is 10.1. The molecule has 4 rings (SSSR count). The molecule has 0 saturated heterocycles. The van der Waals surface area contributed by atoms with Crippen LogP contribution in [-0.2, 0) is 14.3 Å². The van der Waals surface area contributed by atoms with E-state index in [1.165, 1.54) is 37.4 Å². The number of carbonyl (C=O) groups excluding carboxylic acids is 5. The number of amides is 1. The number of hydrogen-bond donors (Lipinski definition) is 2. The fourth-order valence-corrected chi connectivity index (χ4v) is 3.67. The molecule has 0 aromatic heterocycles. The molecule has 1 aliphatic rings. The van der Waals surface area contributed by atoms with Crippen LogP contribution in [0.4, 0.5) is 11.4 Å². The van der Waals surface area contributed by atoms with Crippen molar-refractivity contribution in [3.63, 3.8) is 0 Å². The number of benzene rings is 3. The summed E-state index contributed by atoms with van der Waals surface area (Å²) in [7, 11) is 1.21. The van der Waals surface area contributed by atoms with E-state index in [4.69, 9.17) is 10.5 Å². The monoisotopic (exact) mass is 458 g/mol. The maximum atomic E-state index is 12.9. The largest absolute Gasteiger partial charge is 0.465 e. The summed E-state index contributed by atoms with van der Waals surface area (Å²) < 4.78 is 9.72. The molecule has 0 fully saturated rings. The average Bonchev–Trinajstić information content (AvgIpc) is 2.85. The zero-order valence-corrected chi connectivity index (χ0v) is 17.9. The number of rotatable bonds is 5. The first-order chi connectivity index (χ1) is 16.3. The van der Waals surface area contributed by atoms with E-state index in [2.05, 4.69) is 10.1 Å². The third-order valence-corrected chi connectivity index (χ3v) is 5.29. The van der Waals surface area contributed by atoms with Crippen molar-refractivity contribution in [3.05, 3.63) is 94.0 Å². The Labute approximate surface area is 193 Å². The molecule has 0 bridgehead atoms. The van der Waals surface area contributed by atoms with Gasteiger partial charge in [0.05, 0.1) is 35.2 Å². The van der Waals surface area contributed by atoms with Crippen LogP contribution in [0.25, 0.3) is 0 Å². The second-order valence-electron chi connectivity index (χ2n) is 7.31. The van der Waals surface area contributed by atoms with Crippen LogP contribution in [0.2, 0.25) is 0 Å². The lowest BCUT2D eigenvalue weighted by Gasteiger charge is -2.20. The number of para-hydroxylation sites is 1. The molecule has 0 unspecified atom stereocenters. The summed E-state index contributed by atoms with van der Waals surface area (Å²) in [6.07, 6.45) is 0. The molecule has 0 saturated carbocycles. The second kappa shape index (κ2) is 8.99. The van der Waals surface area contributed by atoms with E-state index < -0.39 is 30.2 Å². The summed E-state index contributed by atoms with van der Waals surface area (Å²) >= 11 is 0. The van der Waals surface area contributed by atoms with E-state index in [-0.39, 0.29) is 50.5 Å². The van der Waals surface area contributed by atoms with E-state index in [1.54, 1.807) is 30.3 Å². The van der Waals surface area contributed by atoms with Crippen LogP contribution in [0.5, 0.6) is 0 Å². The number of hydrogen-bond acceptors (Lipinski definition) is 8. The molecule has 9 heteroatoms. The smallest absolute Gasteiger partial charge is 0.340 e. The summed E-state index contributed by atoms with van der Waals surface area (Å²) in [4.78, 5) is 62.4. The number of ketones is 2. The second-order valence-corrected chi connectivity index (χ2v) is 7.31. The molecule has 1 aliphatic carbocycles. The SMILES string of the molecule is COC(=O)c1ccccc1NC(=O)COC(=O)c1ccc2c(c1N)C(=O)c1ccccc1C2=O. The van der Waals surface area contributed by atoms with Gasteiger partial charge in [-0.1, -0.05) is 36.4 Å². The van der Waals surface area contributed by atoms with Crippen molar-refractivity contribution in [2.45, 2.75) is 0 Å². The Morgan fingerprint density at radius 3 is 2.15 bits per heavy atom. The van der Waals surface area contributed by atoms with Gasteiger partial charge < -0.3 is 20.5 Å². The highest BCUT2D eigenvalue weighted by Crippen LogP contribution is 2.32. The number of nitrogens with two attached hydrogens (primary N) is 1. The molecule has 1 amide bonds. The fraction of sp³-hybridized carbons (Fsp3) is 0.0800. The van der Waals surface area contributed by atoms with E-state index in [0.29, 0.717) is 0 Å². The lowest BCUT2D eigenvalue weighted by molar-refractivity contribution is -0.119. The number of nitrogens with one attached hydrogen (secondary N) is 1. The van der Waals surface area contributed by atoms with Gasteiger partial charge in [-0.25, -0.2) is 9.59 Å². The number of nitrogen functional groups attached to an aromatic ring is 1. The van der Waals surface area contributed by atoms with Gasteiger partial charge in [-0.05, 0) is 24.3 Å². The third kappa shape index (κ3) is 3.90. The summed E-state index contributed by atoms with van der Waals surface area (Å²) in [5.74, 6) is -3.15. The standard InChI is InChI=1S/C25H18N2O7/c1-33-24(31)15-8-4-5-9-18(15)27-19(28)12-34-25(32)17-11-10-16-20(21(17)26)23(30)14-7-3-2-6-13(14)22(16)29/h2-11H,12,26H2,1H3,(H,27,28). The van der Waals surface area contributed by atoms with Crippen molar-refractivity contribution < 1.29 is 33.4 Å². The Kier molecular flexibility index (Phi) is 5.92. The van der Waals surface area contributed by atoms with Crippen molar-refractivity contribution in [2.24, 2.45) is 0 Å². The van der Waals surface area contributed by atoms with Crippen LogP contribution in [0, 0.1) is 0 Å². The summed E-state index contributed by atoms with van der Waals surface area (Å²) in [5.41, 5.74) is 6.53. The number of anilines is 2. The summed E-state index contributed by atoms with van der Waals surface area (Å²) in [6.45, 7) is -0.680. The molecule has 0 heterocycles. The van der Waals surface area contributed by atoms with E-state index in [0.717, 1.165) is 0 Å².